The van der Waals surface area contributed by atoms with Crippen molar-refractivity contribution in [3.63, 3.8) is 0 Å². The fourth-order valence-electron chi connectivity index (χ4n) is 1.62. The zero-order valence-electron chi connectivity index (χ0n) is 8.81. The molecule has 16 heavy (non-hydrogen) atoms. The van der Waals surface area contributed by atoms with Gasteiger partial charge in [0.05, 0.1) is 0 Å². The second-order valence-electron chi connectivity index (χ2n) is 3.71. The van der Waals surface area contributed by atoms with Crippen molar-refractivity contribution >= 4 is 0 Å². The summed E-state index contributed by atoms with van der Waals surface area (Å²) in [6, 6.07) is 9.43. The number of rotatable bonds is 1. The fourth-order valence-corrected chi connectivity index (χ4v) is 1.62. The van der Waals surface area contributed by atoms with E-state index in [1.807, 2.05) is 0 Å². The van der Waals surface area contributed by atoms with E-state index in [9.17, 15) is 15.3 Å². The van der Waals surface area contributed by atoms with Crippen molar-refractivity contribution < 1.29 is 15.3 Å². The first-order valence-corrected chi connectivity index (χ1v) is 4.90. The van der Waals surface area contributed by atoms with Gasteiger partial charge in [0, 0.05) is 5.56 Å². The molecule has 0 atom stereocenters. The van der Waals surface area contributed by atoms with Crippen LogP contribution in [0.5, 0.6) is 17.2 Å². The van der Waals surface area contributed by atoms with Crippen LogP contribution in [0.3, 0.4) is 0 Å². The van der Waals surface area contributed by atoms with Gasteiger partial charge in [0.25, 0.3) is 0 Å². The molecule has 3 N–H and O–H groups in total. The molecule has 0 radical (unpaired) electrons. The van der Waals surface area contributed by atoms with Crippen LogP contribution in [-0.4, -0.2) is 15.3 Å². The van der Waals surface area contributed by atoms with E-state index in [-0.39, 0.29) is 17.2 Å². The number of phenolic OH excluding ortho intramolecular Hbond substituents is 3. The molecular formula is C13H12O3. The lowest BCUT2D eigenvalue weighted by Crippen LogP contribution is -1.82. The number of hydrogen-bond acceptors (Lipinski definition) is 3. The average Bonchev–Trinajstić information content (AvgIpc) is 2.25. The molecule has 0 bridgehead atoms. The predicted molar refractivity (Wildman–Crippen MR) is 61.6 cm³/mol. The molecule has 0 saturated heterocycles. The minimum absolute atomic E-state index is 0.110. The Morgan fingerprint density at radius 2 is 1.44 bits per heavy atom. The lowest BCUT2D eigenvalue weighted by Gasteiger charge is -2.08. The average molecular weight is 216 g/mol. The molecule has 2 aromatic carbocycles. The zero-order chi connectivity index (χ0) is 11.7. The summed E-state index contributed by atoms with van der Waals surface area (Å²) >= 11 is 0. The standard InChI is InChI=1S/C13H12O3/c1-8-6-11(15)7-12(13(8)16)9-2-4-10(14)5-3-9/h2-7,14-16H,1H3. The highest BCUT2D eigenvalue weighted by Gasteiger charge is 2.08. The molecule has 0 heterocycles. The third-order valence-corrected chi connectivity index (χ3v) is 2.46. The minimum Gasteiger partial charge on any atom is -0.508 e. The van der Waals surface area contributed by atoms with Crippen molar-refractivity contribution in [2.75, 3.05) is 0 Å². The van der Waals surface area contributed by atoms with Crippen LogP contribution in [0.1, 0.15) is 5.56 Å². The van der Waals surface area contributed by atoms with E-state index in [2.05, 4.69) is 0 Å². The maximum Gasteiger partial charge on any atom is 0.126 e. The highest BCUT2D eigenvalue weighted by atomic mass is 16.3. The number of aryl methyl sites for hydroxylation is 1. The number of hydrogen-bond donors (Lipinski definition) is 3. The molecule has 0 saturated carbocycles. The van der Waals surface area contributed by atoms with Gasteiger partial charge in [-0.2, -0.15) is 0 Å². The summed E-state index contributed by atoms with van der Waals surface area (Å²) in [4.78, 5) is 0. The molecule has 0 aliphatic heterocycles. The molecule has 0 aliphatic rings. The molecule has 0 aromatic heterocycles. The maximum atomic E-state index is 9.87. The third-order valence-electron chi connectivity index (χ3n) is 2.46. The highest BCUT2D eigenvalue weighted by molar-refractivity contribution is 5.73. The summed E-state index contributed by atoms with van der Waals surface area (Å²) in [6.45, 7) is 1.72. The van der Waals surface area contributed by atoms with Crippen LogP contribution in [0.4, 0.5) is 0 Å². The second kappa shape index (κ2) is 3.77. The van der Waals surface area contributed by atoms with Gasteiger partial charge in [-0.1, -0.05) is 12.1 Å². The Hall–Kier alpha value is -2.16. The molecule has 0 fully saturated rings. The third kappa shape index (κ3) is 1.80. The number of aromatic hydroxyl groups is 3. The molecule has 82 valence electrons. The molecule has 0 aliphatic carbocycles. The van der Waals surface area contributed by atoms with E-state index < -0.39 is 0 Å². The Labute approximate surface area is 93.2 Å². The van der Waals surface area contributed by atoms with Gasteiger partial charge in [-0.15, -0.1) is 0 Å². The molecular weight excluding hydrogens is 204 g/mol. The Morgan fingerprint density at radius 3 is 2.06 bits per heavy atom. The molecule has 3 heteroatoms. The van der Waals surface area contributed by atoms with Gasteiger partial charge in [0.1, 0.15) is 17.2 Å². The Kier molecular flexibility index (Phi) is 2.44. The smallest absolute Gasteiger partial charge is 0.126 e. The normalized spacial score (nSPS) is 10.3. The Balaban J connectivity index is 2.59. The summed E-state index contributed by atoms with van der Waals surface area (Å²) in [5.41, 5.74) is 1.91. The summed E-state index contributed by atoms with van der Waals surface area (Å²) < 4.78 is 0. The van der Waals surface area contributed by atoms with Crippen LogP contribution in [0.2, 0.25) is 0 Å². The van der Waals surface area contributed by atoms with Crippen molar-refractivity contribution in [3.05, 3.63) is 42.0 Å². The van der Waals surface area contributed by atoms with Crippen LogP contribution in [0, 0.1) is 6.92 Å². The minimum atomic E-state index is 0.110. The predicted octanol–water partition coefficient (Wildman–Crippen LogP) is 2.78. The SMILES string of the molecule is Cc1cc(O)cc(-c2ccc(O)cc2)c1O. The molecule has 3 nitrogen and oxygen atoms in total. The van der Waals surface area contributed by atoms with Gasteiger partial charge in [-0.3, -0.25) is 0 Å². The van der Waals surface area contributed by atoms with Gasteiger partial charge >= 0.3 is 0 Å². The maximum absolute atomic E-state index is 9.87. The summed E-state index contributed by atoms with van der Waals surface area (Å²) in [5.74, 6) is 0.418. The van der Waals surface area contributed by atoms with Crippen LogP contribution >= 0.6 is 0 Å². The zero-order valence-corrected chi connectivity index (χ0v) is 8.81. The highest BCUT2D eigenvalue weighted by Crippen LogP contribution is 2.35. The molecule has 0 spiro atoms. The van der Waals surface area contributed by atoms with Gasteiger partial charge in [0.15, 0.2) is 0 Å². The van der Waals surface area contributed by atoms with Crippen molar-refractivity contribution in [1.82, 2.24) is 0 Å². The molecule has 2 aromatic rings. The summed E-state index contributed by atoms with van der Waals surface area (Å²) in [6.07, 6.45) is 0. The monoisotopic (exact) mass is 216 g/mol. The van der Waals surface area contributed by atoms with E-state index in [0.717, 1.165) is 5.56 Å². The van der Waals surface area contributed by atoms with E-state index in [4.69, 9.17) is 0 Å². The van der Waals surface area contributed by atoms with Gasteiger partial charge in [0.2, 0.25) is 0 Å². The first-order valence-electron chi connectivity index (χ1n) is 4.90. The van der Waals surface area contributed by atoms with Crippen LogP contribution < -0.4 is 0 Å². The van der Waals surface area contributed by atoms with Crippen LogP contribution in [-0.2, 0) is 0 Å². The Bertz CT molecular complexity index is 515. The van der Waals surface area contributed by atoms with E-state index in [0.29, 0.717) is 11.1 Å². The van der Waals surface area contributed by atoms with Crippen molar-refractivity contribution in [2.24, 2.45) is 0 Å². The lowest BCUT2D eigenvalue weighted by atomic mass is 10.0. The number of phenols is 3. The molecule has 2 rings (SSSR count). The topological polar surface area (TPSA) is 60.7 Å². The van der Waals surface area contributed by atoms with Crippen molar-refractivity contribution in [2.45, 2.75) is 6.92 Å². The van der Waals surface area contributed by atoms with E-state index in [1.54, 1.807) is 19.1 Å². The quantitative estimate of drug-likeness (QED) is 0.642. The largest absolute Gasteiger partial charge is 0.508 e. The lowest BCUT2D eigenvalue weighted by molar-refractivity contribution is 0.458. The van der Waals surface area contributed by atoms with Crippen molar-refractivity contribution in [1.29, 1.82) is 0 Å². The first-order chi connectivity index (χ1) is 7.58. The van der Waals surface area contributed by atoms with E-state index in [1.165, 1.54) is 24.3 Å². The van der Waals surface area contributed by atoms with Crippen LogP contribution in [0.15, 0.2) is 36.4 Å². The van der Waals surface area contributed by atoms with Gasteiger partial charge in [-0.25, -0.2) is 0 Å². The molecule has 0 amide bonds. The summed E-state index contributed by atoms with van der Waals surface area (Å²) in [5, 5.41) is 28.5. The van der Waals surface area contributed by atoms with Gasteiger partial charge < -0.3 is 15.3 Å². The van der Waals surface area contributed by atoms with E-state index >= 15 is 0 Å². The Morgan fingerprint density at radius 1 is 0.812 bits per heavy atom. The first kappa shape index (κ1) is 10.4. The van der Waals surface area contributed by atoms with Gasteiger partial charge in [-0.05, 0) is 42.3 Å². The second-order valence-corrected chi connectivity index (χ2v) is 3.71. The molecule has 0 unspecified atom stereocenters. The van der Waals surface area contributed by atoms with Crippen LogP contribution in [0.25, 0.3) is 11.1 Å². The number of benzene rings is 2. The van der Waals surface area contributed by atoms with Crippen molar-refractivity contribution in [3.8, 4) is 28.4 Å². The fraction of sp³-hybridized carbons (Fsp3) is 0.0769. The summed E-state index contributed by atoms with van der Waals surface area (Å²) in [7, 11) is 0.